The second kappa shape index (κ2) is 9.54. The Morgan fingerprint density at radius 1 is 1.13 bits per heavy atom. The number of carbonyl (C=O) groups excluding carboxylic acids is 2. The first-order chi connectivity index (χ1) is 15.1. The van der Waals surface area contributed by atoms with Gasteiger partial charge in [-0.1, -0.05) is 24.3 Å². The molecule has 1 saturated heterocycles. The van der Waals surface area contributed by atoms with Crippen LogP contribution in [-0.4, -0.2) is 55.5 Å². The predicted octanol–water partition coefficient (Wildman–Crippen LogP) is 1.99. The molecule has 7 heteroatoms. The number of aliphatic imine (C=N–C) groups is 1. The van der Waals surface area contributed by atoms with Gasteiger partial charge in [0.2, 0.25) is 11.8 Å². The maximum atomic E-state index is 12.8. The number of ether oxygens (including phenoxy) is 1. The molecule has 2 N–H and O–H groups in total. The van der Waals surface area contributed by atoms with Crippen LogP contribution in [-0.2, 0) is 16.0 Å². The molecular formula is C24H32N4O3. The standard InChI is InChI=1S/C24H32N4O3/c1-3-25-24(26-11-10-16-6-5-7-19(14-16)31-4-2)27-12-13-28-22(29)20-17-8-9-18(15-17)21(20)23(28)30/h5-9,14,17-18,20-21H,3-4,10-13,15H2,1-2H3,(H2,25,26,27). The van der Waals surface area contributed by atoms with E-state index < -0.39 is 0 Å². The van der Waals surface area contributed by atoms with Crippen molar-refractivity contribution >= 4 is 17.8 Å². The summed E-state index contributed by atoms with van der Waals surface area (Å²) in [4.78, 5) is 31.6. The number of allylic oxidation sites excluding steroid dienone is 2. The number of imide groups is 1. The van der Waals surface area contributed by atoms with Crippen molar-refractivity contribution in [3.8, 4) is 5.75 Å². The molecule has 0 aromatic heterocycles. The van der Waals surface area contributed by atoms with Crippen molar-refractivity contribution in [3.63, 3.8) is 0 Å². The smallest absolute Gasteiger partial charge is 0.233 e. The fourth-order valence-corrected chi connectivity index (χ4v) is 5.07. The number of rotatable bonds is 9. The van der Waals surface area contributed by atoms with Crippen molar-refractivity contribution in [1.82, 2.24) is 15.5 Å². The summed E-state index contributed by atoms with van der Waals surface area (Å²) in [5.74, 6) is 1.84. The van der Waals surface area contributed by atoms with Crippen LogP contribution in [0.5, 0.6) is 5.75 Å². The minimum absolute atomic E-state index is 0.00442. The first-order valence-corrected chi connectivity index (χ1v) is 11.4. The van der Waals surface area contributed by atoms with Crippen LogP contribution in [0.4, 0.5) is 0 Å². The van der Waals surface area contributed by atoms with Gasteiger partial charge in [0.1, 0.15) is 5.75 Å². The van der Waals surface area contributed by atoms with Gasteiger partial charge in [0, 0.05) is 26.2 Å². The zero-order chi connectivity index (χ0) is 21.8. The highest BCUT2D eigenvalue weighted by Gasteiger charge is 2.58. The fraction of sp³-hybridized carbons (Fsp3) is 0.542. The molecular weight excluding hydrogens is 392 g/mol. The van der Waals surface area contributed by atoms with Crippen LogP contribution in [0.2, 0.25) is 0 Å². The number of nitrogens with zero attached hydrogens (tertiary/aromatic N) is 2. The Labute approximate surface area is 183 Å². The van der Waals surface area contributed by atoms with Gasteiger partial charge in [0.15, 0.2) is 5.96 Å². The van der Waals surface area contributed by atoms with E-state index in [0.29, 0.717) is 32.2 Å². The number of hydrogen-bond acceptors (Lipinski definition) is 4. The van der Waals surface area contributed by atoms with Crippen LogP contribution in [0.1, 0.15) is 25.8 Å². The minimum atomic E-state index is -0.128. The zero-order valence-corrected chi connectivity index (χ0v) is 18.3. The Morgan fingerprint density at radius 3 is 2.55 bits per heavy atom. The molecule has 0 spiro atoms. The number of carbonyl (C=O) groups is 2. The lowest BCUT2D eigenvalue weighted by Crippen LogP contribution is -2.43. The third-order valence-corrected chi connectivity index (χ3v) is 6.41. The summed E-state index contributed by atoms with van der Waals surface area (Å²) in [6.45, 7) is 6.88. The Morgan fingerprint density at radius 2 is 1.87 bits per heavy atom. The fourth-order valence-electron chi connectivity index (χ4n) is 5.07. The summed E-state index contributed by atoms with van der Waals surface area (Å²) in [5, 5.41) is 6.49. The van der Waals surface area contributed by atoms with Crippen LogP contribution in [0.25, 0.3) is 0 Å². The van der Waals surface area contributed by atoms with E-state index in [1.165, 1.54) is 10.5 Å². The van der Waals surface area contributed by atoms with Gasteiger partial charge >= 0.3 is 0 Å². The summed E-state index contributed by atoms with van der Waals surface area (Å²) in [6.07, 6.45) is 6.01. The third-order valence-electron chi connectivity index (χ3n) is 6.41. The normalized spacial score (nSPS) is 26.5. The average Bonchev–Trinajstić information content (AvgIpc) is 3.44. The molecule has 1 saturated carbocycles. The number of benzene rings is 1. The van der Waals surface area contributed by atoms with E-state index >= 15 is 0 Å². The number of amides is 2. The average molecular weight is 425 g/mol. The molecule has 31 heavy (non-hydrogen) atoms. The maximum Gasteiger partial charge on any atom is 0.233 e. The molecule has 4 unspecified atom stereocenters. The van der Waals surface area contributed by atoms with Crippen LogP contribution in [0.3, 0.4) is 0 Å². The maximum absolute atomic E-state index is 12.8. The number of hydrogen-bond donors (Lipinski definition) is 2. The topological polar surface area (TPSA) is 83.0 Å². The number of fused-ring (bicyclic) bond motifs is 5. The summed E-state index contributed by atoms with van der Waals surface area (Å²) in [5.41, 5.74) is 1.17. The SMILES string of the molecule is CCNC(=NCCc1cccc(OCC)c1)NCCN1C(=O)C2C3C=CC(C3)C2C1=O. The molecule has 7 nitrogen and oxygen atoms in total. The molecule has 1 aromatic carbocycles. The Bertz CT molecular complexity index is 851. The number of nitrogens with one attached hydrogen (secondary N) is 2. The van der Waals surface area contributed by atoms with E-state index in [0.717, 1.165) is 25.1 Å². The quantitative estimate of drug-likeness (QED) is 0.274. The van der Waals surface area contributed by atoms with Gasteiger partial charge in [0.25, 0.3) is 0 Å². The van der Waals surface area contributed by atoms with E-state index in [9.17, 15) is 9.59 Å². The lowest BCUT2D eigenvalue weighted by atomic mass is 9.85. The molecule has 3 aliphatic rings. The molecule has 1 heterocycles. The molecule has 1 aromatic rings. The molecule has 2 fully saturated rings. The van der Waals surface area contributed by atoms with E-state index in [-0.39, 0.29) is 35.5 Å². The molecule has 1 aliphatic heterocycles. The van der Waals surface area contributed by atoms with Gasteiger partial charge in [-0.05, 0) is 56.2 Å². The molecule has 2 bridgehead atoms. The zero-order valence-electron chi connectivity index (χ0n) is 18.3. The minimum Gasteiger partial charge on any atom is -0.494 e. The van der Waals surface area contributed by atoms with Crippen molar-refractivity contribution in [3.05, 3.63) is 42.0 Å². The largest absolute Gasteiger partial charge is 0.494 e. The van der Waals surface area contributed by atoms with Gasteiger partial charge in [-0.15, -0.1) is 0 Å². The van der Waals surface area contributed by atoms with Gasteiger partial charge in [-0.3, -0.25) is 19.5 Å². The Kier molecular flexibility index (Phi) is 6.59. The van der Waals surface area contributed by atoms with Crippen molar-refractivity contribution in [2.24, 2.45) is 28.7 Å². The second-order valence-corrected chi connectivity index (χ2v) is 8.35. The second-order valence-electron chi connectivity index (χ2n) is 8.35. The monoisotopic (exact) mass is 424 g/mol. The van der Waals surface area contributed by atoms with Crippen molar-refractivity contribution in [2.75, 3.05) is 32.8 Å². The predicted molar refractivity (Wildman–Crippen MR) is 120 cm³/mol. The summed E-state index contributed by atoms with van der Waals surface area (Å²) in [6, 6.07) is 8.07. The van der Waals surface area contributed by atoms with Gasteiger partial charge < -0.3 is 15.4 Å². The molecule has 0 radical (unpaired) electrons. The summed E-state index contributed by atoms with van der Waals surface area (Å²) >= 11 is 0. The van der Waals surface area contributed by atoms with Crippen molar-refractivity contribution in [2.45, 2.75) is 26.7 Å². The highest BCUT2D eigenvalue weighted by atomic mass is 16.5. The Hall–Kier alpha value is -2.83. The van der Waals surface area contributed by atoms with Crippen LogP contribution in [0, 0.1) is 23.7 Å². The van der Waals surface area contributed by atoms with Crippen molar-refractivity contribution in [1.29, 1.82) is 0 Å². The van der Waals surface area contributed by atoms with Crippen LogP contribution < -0.4 is 15.4 Å². The van der Waals surface area contributed by atoms with Gasteiger partial charge in [-0.25, -0.2) is 0 Å². The van der Waals surface area contributed by atoms with Crippen LogP contribution >= 0.6 is 0 Å². The Balaban J connectivity index is 1.27. The molecule has 2 amide bonds. The molecule has 4 rings (SSSR count). The summed E-state index contributed by atoms with van der Waals surface area (Å²) < 4.78 is 5.55. The highest BCUT2D eigenvalue weighted by Crippen LogP contribution is 2.52. The first-order valence-electron chi connectivity index (χ1n) is 11.4. The van der Waals surface area contributed by atoms with Gasteiger partial charge in [0.05, 0.1) is 18.4 Å². The number of guanidine groups is 1. The van der Waals surface area contributed by atoms with E-state index in [4.69, 9.17) is 4.74 Å². The lowest BCUT2D eigenvalue weighted by molar-refractivity contribution is -0.140. The summed E-state index contributed by atoms with van der Waals surface area (Å²) in [7, 11) is 0. The van der Waals surface area contributed by atoms with E-state index in [1.807, 2.05) is 32.0 Å². The van der Waals surface area contributed by atoms with Crippen molar-refractivity contribution < 1.29 is 14.3 Å². The molecule has 2 aliphatic carbocycles. The van der Waals surface area contributed by atoms with E-state index in [1.54, 1.807) is 0 Å². The number of likely N-dealkylation sites (tertiary alicyclic amines) is 1. The molecule has 166 valence electrons. The first kappa shape index (κ1) is 21.4. The van der Waals surface area contributed by atoms with Gasteiger partial charge in [-0.2, -0.15) is 0 Å². The lowest BCUT2D eigenvalue weighted by Gasteiger charge is -2.18. The van der Waals surface area contributed by atoms with E-state index in [2.05, 4.69) is 33.8 Å². The molecule has 4 atom stereocenters. The highest BCUT2D eigenvalue weighted by molar-refractivity contribution is 6.06. The van der Waals surface area contributed by atoms with Crippen LogP contribution in [0.15, 0.2) is 41.4 Å². The third kappa shape index (κ3) is 4.45.